The Morgan fingerprint density at radius 3 is 2.04 bits per heavy atom. The van der Waals surface area contributed by atoms with Gasteiger partial charge in [-0.1, -0.05) is 11.6 Å². The number of nitrogens with zero attached hydrogens (tertiary/aromatic N) is 2. The first-order valence-corrected chi connectivity index (χ1v) is 6.58. The Morgan fingerprint density at radius 2 is 1.56 bits per heavy atom. The lowest BCUT2D eigenvalue weighted by Gasteiger charge is -2.11. The first-order chi connectivity index (χ1) is 11.6. The predicted octanol–water partition coefficient (Wildman–Crippen LogP) is 2.64. The molecule has 0 spiro atoms. The number of carboxylic acid groups (broad SMARTS) is 1. The van der Waals surface area contributed by atoms with E-state index < -0.39 is 66.2 Å². The monoisotopic (exact) mass is 370 g/mol. The van der Waals surface area contributed by atoms with Crippen LogP contribution < -0.4 is 0 Å². The van der Waals surface area contributed by atoms with Gasteiger partial charge in [-0.15, -0.1) is 0 Å². The van der Waals surface area contributed by atoms with Gasteiger partial charge in [-0.05, 0) is 18.2 Å². The fourth-order valence-electron chi connectivity index (χ4n) is 2.23. The maximum Gasteiger partial charge on any atom is 0.343 e. The third-order valence-electron chi connectivity index (χ3n) is 3.21. The second-order valence-electron chi connectivity index (χ2n) is 4.62. The summed E-state index contributed by atoms with van der Waals surface area (Å²) in [4.78, 5) is 31.3. The predicted molar refractivity (Wildman–Crippen MR) is 82.2 cm³/mol. The zero-order chi connectivity index (χ0) is 19.0. The average Bonchev–Trinajstić information content (AvgIpc) is 2.47. The number of phenols is 3. The molecule has 0 bridgehead atoms. The van der Waals surface area contributed by atoms with Gasteiger partial charge in [0.15, 0.2) is 5.56 Å². The number of aromatic carboxylic acids is 1. The summed E-state index contributed by atoms with van der Waals surface area (Å²) in [6.45, 7) is 0. The van der Waals surface area contributed by atoms with Crippen LogP contribution in [0.15, 0.2) is 18.2 Å². The van der Waals surface area contributed by atoms with Crippen molar-refractivity contribution in [2.24, 2.45) is 0 Å². The minimum absolute atomic E-state index is 0.478. The Labute approximate surface area is 142 Å². The molecule has 0 aliphatic heterocycles. The fraction of sp³-hybridized carbons (Fsp3) is 0. The highest BCUT2D eigenvalue weighted by molar-refractivity contribution is 6.33. The van der Waals surface area contributed by atoms with Gasteiger partial charge in [0.25, 0.3) is 5.69 Å². The van der Waals surface area contributed by atoms with Crippen LogP contribution in [0.2, 0.25) is 5.02 Å². The Bertz CT molecular complexity index is 942. The molecule has 0 saturated carbocycles. The van der Waals surface area contributed by atoms with E-state index in [2.05, 4.69) is 0 Å². The molecule has 25 heavy (non-hydrogen) atoms. The third-order valence-corrected chi connectivity index (χ3v) is 3.51. The molecule has 2 rings (SSSR count). The van der Waals surface area contributed by atoms with E-state index in [1.165, 1.54) is 0 Å². The smallest absolute Gasteiger partial charge is 0.343 e. The van der Waals surface area contributed by atoms with Gasteiger partial charge in [-0.25, -0.2) is 4.79 Å². The van der Waals surface area contributed by atoms with Crippen LogP contribution in [0.5, 0.6) is 17.2 Å². The molecule has 12 heteroatoms. The molecule has 2 aromatic rings. The summed E-state index contributed by atoms with van der Waals surface area (Å²) in [5, 5.41) is 60.5. The zero-order valence-electron chi connectivity index (χ0n) is 11.8. The molecule has 0 atom stereocenters. The second kappa shape index (κ2) is 6.13. The lowest BCUT2D eigenvalue weighted by Crippen LogP contribution is -2.03. The van der Waals surface area contributed by atoms with E-state index in [4.69, 9.17) is 16.7 Å². The number of rotatable bonds is 4. The van der Waals surface area contributed by atoms with E-state index >= 15 is 0 Å². The van der Waals surface area contributed by atoms with Crippen LogP contribution in [0.3, 0.4) is 0 Å². The number of halogens is 1. The molecule has 0 fully saturated rings. The van der Waals surface area contributed by atoms with Crippen molar-refractivity contribution in [3.8, 4) is 28.4 Å². The highest BCUT2D eigenvalue weighted by Crippen LogP contribution is 2.50. The molecule has 0 heterocycles. The Hall–Kier alpha value is -3.60. The first-order valence-electron chi connectivity index (χ1n) is 6.20. The lowest BCUT2D eigenvalue weighted by atomic mass is 9.97. The number of carbonyl (C=O) groups is 1. The van der Waals surface area contributed by atoms with Gasteiger partial charge in [-0.3, -0.25) is 20.2 Å². The van der Waals surface area contributed by atoms with Gasteiger partial charge in [-0.2, -0.15) is 0 Å². The van der Waals surface area contributed by atoms with E-state index in [0.717, 1.165) is 12.1 Å². The van der Waals surface area contributed by atoms with Crippen molar-refractivity contribution in [2.45, 2.75) is 0 Å². The largest absolute Gasteiger partial charge is 0.507 e. The van der Waals surface area contributed by atoms with Crippen molar-refractivity contribution in [1.82, 2.24) is 0 Å². The van der Waals surface area contributed by atoms with Crippen molar-refractivity contribution in [3.05, 3.63) is 49.0 Å². The van der Waals surface area contributed by atoms with Crippen molar-refractivity contribution in [3.63, 3.8) is 0 Å². The molecule has 0 aromatic heterocycles. The Kier molecular flexibility index (Phi) is 4.35. The number of benzene rings is 2. The van der Waals surface area contributed by atoms with Gasteiger partial charge in [0.1, 0.15) is 22.1 Å². The summed E-state index contributed by atoms with van der Waals surface area (Å²) in [6, 6.07) is 2.39. The number of nitro benzene ring substituents is 2. The van der Waals surface area contributed by atoms with Crippen LogP contribution in [0.4, 0.5) is 11.4 Å². The quantitative estimate of drug-likeness (QED) is 0.463. The van der Waals surface area contributed by atoms with E-state index in [1.54, 1.807) is 0 Å². The Balaban J connectivity index is 3.05. The summed E-state index contributed by atoms with van der Waals surface area (Å²) in [6.07, 6.45) is 0. The maximum absolute atomic E-state index is 11.3. The number of nitro groups is 2. The van der Waals surface area contributed by atoms with E-state index in [0.29, 0.717) is 6.07 Å². The summed E-state index contributed by atoms with van der Waals surface area (Å²) in [5.41, 5.74) is -4.88. The van der Waals surface area contributed by atoms with Crippen molar-refractivity contribution in [1.29, 1.82) is 0 Å². The Morgan fingerprint density at radius 1 is 1.00 bits per heavy atom. The van der Waals surface area contributed by atoms with E-state index in [1.807, 2.05) is 0 Å². The summed E-state index contributed by atoms with van der Waals surface area (Å²) >= 11 is 5.70. The van der Waals surface area contributed by atoms with Gasteiger partial charge < -0.3 is 20.4 Å². The summed E-state index contributed by atoms with van der Waals surface area (Å²) in [5.74, 6) is -5.20. The molecule has 130 valence electrons. The van der Waals surface area contributed by atoms with Crippen molar-refractivity contribution >= 4 is 28.9 Å². The van der Waals surface area contributed by atoms with E-state index in [-0.39, 0.29) is 0 Å². The third kappa shape index (κ3) is 2.83. The van der Waals surface area contributed by atoms with Gasteiger partial charge in [0.05, 0.1) is 15.4 Å². The fourth-order valence-corrected chi connectivity index (χ4v) is 2.46. The molecular weight excluding hydrogens is 364 g/mol. The molecule has 0 saturated heterocycles. The van der Waals surface area contributed by atoms with Crippen LogP contribution in [-0.4, -0.2) is 36.2 Å². The number of phenolic OH excluding ortho intramolecular Hbond substituents is 1. The van der Waals surface area contributed by atoms with Gasteiger partial charge in [0, 0.05) is 0 Å². The summed E-state index contributed by atoms with van der Waals surface area (Å²) in [7, 11) is 0. The molecule has 0 aliphatic rings. The number of hydrogen-bond donors (Lipinski definition) is 4. The summed E-state index contributed by atoms with van der Waals surface area (Å²) < 4.78 is 0. The van der Waals surface area contributed by atoms with E-state index in [9.17, 15) is 40.3 Å². The SMILES string of the molecule is O=C(O)c1c(O)cc(-c2c(O)ccc(Cl)c2[N+](=O)[O-])c([N+](=O)[O-])c1O. The zero-order valence-corrected chi connectivity index (χ0v) is 12.6. The minimum Gasteiger partial charge on any atom is -0.507 e. The number of aromatic hydroxyl groups is 3. The van der Waals surface area contributed by atoms with Gasteiger partial charge >= 0.3 is 11.7 Å². The van der Waals surface area contributed by atoms with Crippen molar-refractivity contribution in [2.75, 3.05) is 0 Å². The van der Waals surface area contributed by atoms with Crippen molar-refractivity contribution < 1.29 is 35.1 Å². The molecule has 11 nitrogen and oxygen atoms in total. The van der Waals surface area contributed by atoms with Crippen LogP contribution in [0.1, 0.15) is 10.4 Å². The van der Waals surface area contributed by atoms with Gasteiger partial charge in [0.2, 0.25) is 5.75 Å². The maximum atomic E-state index is 11.3. The number of carboxylic acids is 1. The standard InChI is InChI=1S/C13H7ClN2O9/c14-5-1-2-6(17)8(11(5)16(24)25)4-3-7(18)9(13(20)21)12(19)10(4)15(22)23/h1-3,17-19H,(H,20,21). The minimum atomic E-state index is -1.87. The molecule has 0 amide bonds. The lowest BCUT2D eigenvalue weighted by molar-refractivity contribution is -0.387. The highest BCUT2D eigenvalue weighted by Gasteiger charge is 2.35. The second-order valence-corrected chi connectivity index (χ2v) is 5.03. The van der Waals surface area contributed by atoms with Crippen LogP contribution in [-0.2, 0) is 0 Å². The number of hydrogen-bond acceptors (Lipinski definition) is 8. The molecule has 0 aliphatic carbocycles. The van der Waals surface area contributed by atoms with Crippen LogP contribution in [0.25, 0.3) is 11.1 Å². The average molecular weight is 371 g/mol. The normalized spacial score (nSPS) is 10.4. The molecular formula is C13H7ClN2O9. The molecule has 0 unspecified atom stereocenters. The van der Waals surface area contributed by atoms with Crippen LogP contribution >= 0.6 is 11.6 Å². The molecule has 4 N–H and O–H groups in total. The first kappa shape index (κ1) is 17.7. The molecule has 0 radical (unpaired) electrons. The van der Waals surface area contributed by atoms with Crippen LogP contribution in [0, 0.1) is 20.2 Å². The molecule has 2 aromatic carbocycles. The topological polar surface area (TPSA) is 184 Å². The highest BCUT2D eigenvalue weighted by atomic mass is 35.5.